The van der Waals surface area contributed by atoms with E-state index in [1.807, 2.05) is 11.6 Å². The van der Waals surface area contributed by atoms with Gasteiger partial charge in [0.05, 0.1) is 6.04 Å². The summed E-state index contributed by atoms with van der Waals surface area (Å²) in [4.78, 5) is 14.8. The van der Waals surface area contributed by atoms with Gasteiger partial charge in [-0.25, -0.2) is 4.39 Å². The average molecular weight is 345 g/mol. The summed E-state index contributed by atoms with van der Waals surface area (Å²) in [5, 5.41) is 10.9. The van der Waals surface area contributed by atoms with Crippen LogP contribution in [-0.2, 0) is 24.8 Å². The van der Waals surface area contributed by atoms with E-state index in [0.29, 0.717) is 19.5 Å². The summed E-state index contributed by atoms with van der Waals surface area (Å²) in [5.74, 6) is 0.677. The molecule has 0 unspecified atom stereocenters. The van der Waals surface area contributed by atoms with Crippen molar-refractivity contribution in [2.24, 2.45) is 7.05 Å². The number of benzene rings is 1. The highest BCUT2D eigenvalue weighted by Crippen LogP contribution is 2.20. The normalized spacial score (nSPS) is 18.2. The van der Waals surface area contributed by atoms with Gasteiger partial charge in [-0.1, -0.05) is 18.6 Å². The molecule has 1 amide bonds. The maximum Gasteiger partial charge on any atom is 0.237 e. The molecule has 1 aliphatic heterocycles. The van der Waals surface area contributed by atoms with Gasteiger partial charge in [0.25, 0.3) is 0 Å². The lowest BCUT2D eigenvalue weighted by atomic mass is 10.0. The molecule has 1 saturated heterocycles. The van der Waals surface area contributed by atoms with Crippen LogP contribution in [0, 0.1) is 5.82 Å². The van der Waals surface area contributed by atoms with Gasteiger partial charge in [-0.3, -0.25) is 9.69 Å². The topological polar surface area (TPSA) is 63.1 Å². The molecule has 7 heteroatoms. The summed E-state index contributed by atoms with van der Waals surface area (Å²) in [7, 11) is 1.89. The van der Waals surface area contributed by atoms with Crippen LogP contribution < -0.4 is 5.32 Å². The van der Waals surface area contributed by atoms with E-state index in [4.69, 9.17) is 0 Å². The number of nitrogens with zero attached hydrogens (tertiary/aromatic N) is 4. The first-order valence-corrected chi connectivity index (χ1v) is 8.72. The van der Waals surface area contributed by atoms with E-state index in [0.717, 1.165) is 37.2 Å². The Kier molecular flexibility index (Phi) is 5.75. The fraction of sp³-hybridized carbons (Fsp3) is 0.500. The number of carbonyl (C=O) groups is 1. The highest BCUT2D eigenvalue weighted by molar-refractivity contribution is 5.81. The molecular formula is C18H24FN5O. The van der Waals surface area contributed by atoms with Gasteiger partial charge in [0.15, 0.2) is 0 Å². The number of rotatable bonds is 6. The van der Waals surface area contributed by atoms with Crippen molar-refractivity contribution in [1.82, 2.24) is 25.0 Å². The van der Waals surface area contributed by atoms with Gasteiger partial charge in [-0.05, 0) is 37.1 Å². The second-order valence-electron chi connectivity index (χ2n) is 6.51. The number of amides is 1. The molecule has 2 heterocycles. The molecule has 0 saturated carbocycles. The highest BCUT2D eigenvalue weighted by atomic mass is 19.1. The van der Waals surface area contributed by atoms with Crippen LogP contribution in [0.4, 0.5) is 4.39 Å². The van der Waals surface area contributed by atoms with Crippen LogP contribution in [0.1, 0.15) is 30.7 Å². The van der Waals surface area contributed by atoms with E-state index in [2.05, 4.69) is 20.4 Å². The van der Waals surface area contributed by atoms with Crippen LogP contribution in [0.25, 0.3) is 0 Å². The molecule has 3 rings (SSSR count). The van der Waals surface area contributed by atoms with Crippen LogP contribution in [0.2, 0.25) is 0 Å². The van der Waals surface area contributed by atoms with Crippen LogP contribution in [0.3, 0.4) is 0 Å². The zero-order valence-corrected chi connectivity index (χ0v) is 14.5. The summed E-state index contributed by atoms with van der Waals surface area (Å²) < 4.78 is 14.9. The molecule has 1 aromatic carbocycles. The number of likely N-dealkylation sites (tertiary alicyclic amines) is 1. The third-order valence-electron chi connectivity index (χ3n) is 4.67. The number of aromatic nitrogens is 3. The lowest BCUT2D eigenvalue weighted by Gasteiger charge is -2.34. The Balaban J connectivity index is 1.55. The predicted octanol–water partition coefficient (Wildman–Crippen LogP) is 1.67. The van der Waals surface area contributed by atoms with Crippen molar-refractivity contribution in [3.05, 3.63) is 47.8 Å². The van der Waals surface area contributed by atoms with Gasteiger partial charge in [-0.15, -0.1) is 10.2 Å². The zero-order valence-electron chi connectivity index (χ0n) is 14.5. The summed E-state index contributed by atoms with van der Waals surface area (Å²) >= 11 is 0. The lowest BCUT2D eigenvalue weighted by molar-refractivity contribution is -0.127. The quantitative estimate of drug-likeness (QED) is 0.865. The Morgan fingerprint density at radius 3 is 2.84 bits per heavy atom. The van der Waals surface area contributed by atoms with E-state index < -0.39 is 0 Å². The number of halogens is 1. The molecule has 1 N–H and O–H groups in total. The molecule has 0 spiro atoms. The highest BCUT2D eigenvalue weighted by Gasteiger charge is 2.28. The lowest BCUT2D eigenvalue weighted by Crippen LogP contribution is -2.49. The van der Waals surface area contributed by atoms with Crippen molar-refractivity contribution in [3.8, 4) is 0 Å². The van der Waals surface area contributed by atoms with Crippen LogP contribution >= 0.6 is 0 Å². The molecule has 1 fully saturated rings. The van der Waals surface area contributed by atoms with Gasteiger partial charge >= 0.3 is 0 Å². The van der Waals surface area contributed by atoms with Gasteiger partial charge < -0.3 is 9.88 Å². The molecule has 134 valence electrons. The molecule has 0 aliphatic carbocycles. The van der Waals surface area contributed by atoms with Gasteiger partial charge in [0.2, 0.25) is 5.91 Å². The van der Waals surface area contributed by atoms with Crippen molar-refractivity contribution in [2.75, 3.05) is 13.1 Å². The van der Waals surface area contributed by atoms with Crippen molar-refractivity contribution >= 4 is 5.91 Å². The van der Waals surface area contributed by atoms with E-state index in [1.165, 1.54) is 12.1 Å². The SMILES string of the molecule is Cn1cnnc1CCNC(=O)[C@@H]1CCCCN1Cc1ccc(F)cc1. The Hall–Kier alpha value is -2.28. The minimum atomic E-state index is -0.236. The molecule has 6 nitrogen and oxygen atoms in total. The number of carbonyl (C=O) groups excluding carboxylic acids is 1. The minimum absolute atomic E-state index is 0.0592. The van der Waals surface area contributed by atoms with Crippen molar-refractivity contribution in [3.63, 3.8) is 0 Å². The molecule has 0 bridgehead atoms. The Bertz CT molecular complexity index is 700. The molecule has 2 aromatic rings. The number of piperidine rings is 1. The number of aryl methyl sites for hydroxylation is 1. The molecule has 25 heavy (non-hydrogen) atoms. The maximum absolute atomic E-state index is 13.1. The largest absolute Gasteiger partial charge is 0.354 e. The molecule has 1 aliphatic rings. The predicted molar refractivity (Wildman–Crippen MR) is 92.2 cm³/mol. The Morgan fingerprint density at radius 2 is 2.12 bits per heavy atom. The van der Waals surface area contributed by atoms with E-state index in [1.54, 1.807) is 18.5 Å². The third kappa shape index (κ3) is 4.63. The Morgan fingerprint density at radius 1 is 1.32 bits per heavy atom. The Labute approximate surface area is 147 Å². The minimum Gasteiger partial charge on any atom is -0.354 e. The van der Waals surface area contributed by atoms with Gasteiger partial charge in [-0.2, -0.15) is 0 Å². The second-order valence-corrected chi connectivity index (χ2v) is 6.51. The van der Waals surface area contributed by atoms with Gasteiger partial charge in [0.1, 0.15) is 18.0 Å². The standard InChI is InChI=1S/C18H24FN5O/c1-23-13-21-22-17(23)9-10-20-18(25)16-4-2-3-11-24(16)12-14-5-7-15(19)8-6-14/h5-8,13,16H,2-4,9-12H2,1H3,(H,20,25)/t16-/m0/s1. The summed E-state index contributed by atoms with van der Waals surface area (Å²) in [6.07, 6.45) is 5.32. The van der Waals surface area contributed by atoms with Crippen molar-refractivity contribution in [1.29, 1.82) is 0 Å². The maximum atomic E-state index is 13.1. The van der Waals surface area contributed by atoms with Crippen molar-refractivity contribution < 1.29 is 9.18 Å². The van der Waals surface area contributed by atoms with E-state index in [9.17, 15) is 9.18 Å². The molecular weight excluding hydrogens is 321 g/mol. The first kappa shape index (κ1) is 17.5. The summed E-state index contributed by atoms with van der Waals surface area (Å²) in [6.45, 7) is 2.10. The average Bonchev–Trinajstić information content (AvgIpc) is 3.02. The molecule has 1 aromatic heterocycles. The summed E-state index contributed by atoms with van der Waals surface area (Å²) in [6, 6.07) is 6.38. The third-order valence-corrected chi connectivity index (χ3v) is 4.67. The van der Waals surface area contributed by atoms with Crippen molar-refractivity contribution in [2.45, 2.75) is 38.3 Å². The monoisotopic (exact) mass is 345 g/mol. The second kappa shape index (κ2) is 8.20. The smallest absolute Gasteiger partial charge is 0.237 e. The number of hydrogen-bond acceptors (Lipinski definition) is 4. The fourth-order valence-corrected chi connectivity index (χ4v) is 3.25. The van der Waals surface area contributed by atoms with Crippen LogP contribution in [0.5, 0.6) is 0 Å². The van der Waals surface area contributed by atoms with Crippen LogP contribution in [0.15, 0.2) is 30.6 Å². The summed E-state index contributed by atoms with van der Waals surface area (Å²) in [5.41, 5.74) is 1.03. The molecule has 0 radical (unpaired) electrons. The van der Waals surface area contributed by atoms with Crippen LogP contribution in [-0.4, -0.2) is 44.7 Å². The number of nitrogens with one attached hydrogen (secondary N) is 1. The number of hydrogen-bond donors (Lipinski definition) is 1. The van der Waals surface area contributed by atoms with Gasteiger partial charge in [0, 0.05) is 26.6 Å². The fourth-order valence-electron chi connectivity index (χ4n) is 3.25. The molecule has 1 atom stereocenters. The first-order valence-electron chi connectivity index (χ1n) is 8.72. The first-order chi connectivity index (χ1) is 12.1. The van der Waals surface area contributed by atoms with E-state index in [-0.39, 0.29) is 17.8 Å². The van der Waals surface area contributed by atoms with E-state index >= 15 is 0 Å². The zero-order chi connectivity index (χ0) is 17.6.